The van der Waals surface area contributed by atoms with E-state index in [-0.39, 0.29) is 0 Å². The molecule has 0 aliphatic carbocycles. The molecule has 0 unspecified atom stereocenters. The van der Waals surface area contributed by atoms with Gasteiger partial charge >= 0.3 is 6.09 Å². The fourth-order valence-electron chi connectivity index (χ4n) is 2.24. The number of carbonyl (C=O) groups excluding carboxylic acids is 1. The molecule has 9 heteroatoms. The van der Waals surface area contributed by atoms with Crippen molar-refractivity contribution < 1.29 is 9.53 Å². The fourth-order valence-corrected chi connectivity index (χ4v) is 2.96. The van der Waals surface area contributed by atoms with Crippen LogP contribution in [0.25, 0.3) is 16.7 Å². The molecular weight excluding hydrogens is 435 g/mol. The molecular formula is C16H17IN6O2. The fraction of sp³-hybridized carbons (Fsp3) is 0.250. The Morgan fingerprint density at radius 1 is 1.32 bits per heavy atom. The SMILES string of the molecule is CC(C)(C)OC(=O)Nc1ncnc2c1c(I)nn2-c1cccc(N)c1. The molecule has 3 N–H and O–H groups in total. The van der Waals surface area contributed by atoms with Crippen molar-refractivity contribution in [1.29, 1.82) is 0 Å². The smallest absolute Gasteiger partial charge is 0.413 e. The highest BCUT2D eigenvalue weighted by atomic mass is 127. The number of anilines is 2. The predicted octanol–water partition coefficient (Wildman–Crippen LogP) is 3.35. The molecule has 3 rings (SSSR count). The second kappa shape index (κ2) is 6.47. The number of amides is 1. The van der Waals surface area contributed by atoms with Gasteiger partial charge in [0.05, 0.1) is 11.1 Å². The van der Waals surface area contributed by atoms with E-state index in [1.54, 1.807) is 37.6 Å². The van der Waals surface area contributed by atoms with Gasteiger partial charge in [0.2, 0.25) is 0 Å². The van der Waals surface area contributed by atoms with Gasteiger partial charge in [-0.15, -0.1) is 0 Å². The van der Waals surface area contributed by atoms with E-state index in [1.807, 2.05) is 12.1 Å². The number of hydrogen-bond acceptors (Lipinski definition) is 6. The number of ether oxygens (including phenoxy) is 1. The van der Waals surface area contributed by atoms with E-state index in [4.69, 9.17) is 10.5 Å². The summed E-state index contributed by atoms with van der Waals surface area (Å²) < 4.78 is 7.60. The van der Waals surface area contributed by atoms with E-state index in [1.165, 1.54) is 6.33 Å². The van der Waals surface area contributed by atoms with Crippen molar-refractivity contribution >= 4 is 51.2 Å². The number of rotatable bonds is 2. The highest BCUT2D eigenvalue weighted by Gasteiger charge is 2.21. The predicted molar refractivity (Wildman–Crippen MR) is 104 cm³/mol. The third-order valence-corrected chi connectivity index (χ3v) is 3.91. The molecule has 0 aliphatic heterocycles. The topological polar surface area (TPSA) is 108 Å². The average Bonchev–Trinajstić information content (AvgIpc) is 2.83. The van der Waals surface area contributed by atoms with E-state index in [2.05, 4.69) is 43.0 Å². The Morgan fingerprint density at radius 2 is 2.08 bits per heavy atom. The van der Waals surface area contributed by atoms with E-state index in [0.717, 1.165) is 5.69 Å². The van der Waals surface area contributed by atoms with E-state index in [0.29, 0.717) is 26.2 Å². The second-order valence-electron chi connectivity index (χ2n) is 6.35. The van der Waals surface area contributed by atoms with Crippen molar-refractivity contribution in [2.24, 2.45) is 0 Å². The van der Waals surface area contributed by atoms with Gasteiger partial charge in [0.15, 0.2) is 11.5 Å². The number of hydrogen-bond donors (Lipinski definition) is 2. The molecule has 0 atom stereocenters. The molecule has 2 aromatic heterocycles. The Hall–Kier alpha value is -2.43. The lowest BCUT2D eigenvalue weighted by atomic mass is 10.2. The van der Waals surface area contributed by atoms with Gasteiger partial charge in [-0.2, -0.15) is 5.10 Å². The summed E-state index contributed by atoms with van der Waals surface area (Å²) in [7, 11) is 0. The third kappa shape index (κ3) is 3.81. The van der Waals surface area contributed by atoms with Crippen LogP contribution >= 0.6 is 22.6 Å². The van der Waals surface area contributed by atoms with Crippen LogP contribution in [0.3, 0.4) is 0 Å². The molecule has 1 aromatic carbocycles. The van der Waals surface area contributed by atoms with Crippen molar-refractivity contribution in [3.8, 4) is 5.69 Å². The molecule has 0 saturated heterocycles. The summed E-state index contributed by atoms with van der Waals surface area (Å²) in [5.41, 5.74) is 7.21. The first-order valence-electron chi connectivity index (χ1n) is 7.50. The van der Waals surface area contributed by atoms with Crippen LogP contribution in [-0.2, 0) is 4.74 Å². The van der Waals surface area contributed by atoms with Crippen molar-refractivity contribution in [1.82, 2.24) is 19.7 Å². The Labute approximate surface area is 157 Å². The summed E-state index contributed by atoms with van der Waals surface area (Å²) in [6.07, 6.45) is 0.787. The van der Waals surface area contributed by atoms with Crippen LogP contribution in [0.15, 0.2) is 30.6 Å². The Bertz CT molecular complexity index is 947. The van der Waals surface area contributed by atoms with Crippen LogP contribution in [-0.4, -0.2) is 31.4 Å². The molecule has 0 saturated carbocycles. The molecule has 1 amide bonds. The number of nitrogens with one attached hydrogen (secondary N) is 1. The summed E-state index contributed by atoms with van der Waals surface area (Å²) in [5.74, 6) is 0.346. The highest BCUT2D eigenvalue weighted by Crippen LogP contribution is 2.27. The minimum atomic E-state index is -0.602. The lowest BCUT2D eigenvalue weighted by Crippen LogP contribution is -2.27. The largest absolute Gasteiger partial charge is 0.444 e. The third-order valence-electron chi connectivity index (χ3n) is 3.16. The zero-order valence-corrected chi connectivity index (χ0v) is 16.1. The number of carbonyl (C=O) groups is 1. The molecule has 0 spiro atoms. The van der Waals surface area contributed by atoms with Crippen LogP contribution in [0.1, 0.15) is 20.8 Å². The first-order chi connectivity index (χ1) is 11.7. The van der Waals surface area contributed by atoms with Crippen LogP contribution in [0.4, 0.5) is 16.3 Å². The van der Waals surface area contributed by atoms with Gasteiger partial charge < -0.3 is 10.5 Å². The molecule has 0 aliphatic rings. The summed E-state index contributed by atoms with van der Waals surface area (Å²) in [6, 6.07) is 7.31. The molecule has 8 nitrogen and oxygen atoms in total. The molecule has 2 heterocycles. The number of nitrogens with two attached hydrogens (primary N) is 1. The van der Waals surface area contributed by atoms with Gasteiger partial charge in [-0.1, -0.05) is 6.07 Å². The van der Waals surface area contributed by atoms with Gasteiger partial charge in [-0.3, -0.25) is 5.32 Å². The number of nitrogens with zero attached hydrogens (tertiary/aromatic N) is 4. The van der Waals surface area contributed by atoms with Gasteiger partial charge in [0.25, 0.3) is 0 Å². The molecule has 0 radical (unpaired) electrons. The maximum Gasteiger partial charge on any atom is 0.413 e. The van der Waals surface area contributed by atoms with Crippen molar-refractivity contribution in [3.05, 3.63) is 34.3 Å². The van der Waals surface area contributed by atoms with Crippen molar-refractivity contribution in [2.45, 2.75) is 26.4 Å². The van der Waals surface area contributed by atoms with Crippen LogP contribution in [0.2, 0.25) is 0 Å². The number of nitrogen functional groups attached to an aromatic ring is 1. The summed E-state index contributed by atoms with van der Waals surface area (Å²) in [4.78, 5) is 20.5. The molecule has 3 aromatic rings. The number of halogens is 1. The molecule has 130 valence electrons. The molecule has 0 fully saturated rings. The van der Waals surface area contributed by atoms with Gasteiger partial charge in [-0.05, 0) is 61.6 Å². The number of fused-ring (bicyclic) bond motifs is 1. The second-order valence-corrected chi connectivity index (χ2v) is 7.37. The zero-order chi connectivity index (χ0) is 18.2. The summed E-state index contributed by atoms with van der Waals surface area (Å²) in [5, 5.41) is 7.80. The summed E-state index contributed by atoms with van der Waals surface area (Å²) >= 11 is 2.08. The number of aromatic nitrogens is 4. The number of benzene rings is 1. The lowest BCUT2D eigenvalue weighted by molar-refractivity contribution is 0.0635. The van der Waals surface area contributed by atoms with Crippen LogP contribution in [0.5, 0.6) is 0 Å². The molecule has 25 heavy (non-hydrogen) atoms. The minimum absolute atomic E-state index is 0.346. The van der Waals surface area contributed by atoms with E-state index < -0.39 is 11.7 Å². The molecule has 0 bridgehead atoms. The maximum absolute atomic E-state index is 12.1. The standard InChI is InChI=1S/C16H17IN6O2/c1-16(2,3)25-15(24)21-13-11-12(17)22-23(14(11)20-8-19-13)10-6-4-5-9(18)7-10/h4-8H,18H2,1-3H3,(H,19,20,21,24). The van der Waals surface area contributed by atoms with Gasteiger partial charge in [0.1, 0.15) is 15.6 Å². The van der Waals surface area contributed by atoms with Crippen LogP contribution < -0.4 is 11.1 Å². The lowest BCUT2D eigenvalue weighted by Gasteiger charge is -2.19. The Kier molecular flexibility index (Phi) is 4.50. The Morgan fingerprint density at radius 3 is 2.76 bits per heavy atom. The van der Waals surface area contributed by atoms with Crippen LogP contribution in [0, 0.1) is 3.70 Å². The Balaban J connectivity index is 2.04. The van der Waals surface area contributed by atoms with E-state index in [9.17, 15) is 4.79 Å². The minimum Gasteiger partial charge on any atom is -0.444 e. The highest BCUT2D eigenvalue weighted by molar-refractivity contribution is 14.1. The van der Waals surface area contributed by atoms with Crippen molar-refractivity contribution in [3.63, 3.8) is 0 Å². The first-order valence-corrected chi connectivity index (χ1v) is 8.57. The monoisotopic (exact) mass is 452 g/mol. The normalized spacial score (nSPS) is 11.5. The quantitative estimate of drug-likeness (QED) is 0.456. The van der Waals surface area contributed by atoms with Crippen molar-refractivity contribution in [2.75, 3.05) is 11.1 Å². The first kappa shape index (κ1) is 17.4. The average molecular weight is 452 g/mol. The van der Waals surface area contributed by atoms with Gasteiger partial charge in [0, 0.05) is 5.69 Å². The zero-order valence-electron chi connectivity index (χ0n) is 13.9. The van der Waals surface area contributed by atoms with E-state index >= 15 is 0 Å². The summed E-state index contributed by atoms with van der Waals surface area (Å²) in [6.45, 7) is 5.39. The van der Waals surface area contributed by atoms with Gasteiger partial charge in [-0.25, -0.2) is 19.4 Å². The maximum atomic E-state index is 12.1.